The number of fused-ring (bicyclic) bond motifs is 1. The molecule has 7 heteroatoms. The Hall–Kier alpha value is -4.21. The van der Waals surface area contributed by atoms with Gasteiger partial charge in [-0.2, -0.15) is 0 Å². The fraction of sp³-hybridized carbons (Fsp3) is 0.0769. The zero-order valence-electron chi connectivity index (χ0n) is 17.7. The maximum atomic E-state index is 12.8. The highest BCUT2D eigenvalue weighted by molar-refractivity contribution is 6.31. The summed E-state index contributed by atoms with van der Waals surface area (Å²) in [6, 6.07) is 11.4. The number of hydrogen-bond acceptors (Lipinski definition) is 5. The van der Waals surface area contributed by atoms with E-state index in [0.29, 0.717) is 21.5 Å². The SMILES string of the molecule is C#CCn1c(=O)c(/C=C/C(=O)/C=C(O)/C=C/c2ccc(O)c(OC)c2)cc2cc(Cl)ccc21. The summed E-state index contributed by atoms with van der Waals surface area (Å²) >= 11 is 6.06. The lowest BCUT2D eigenvalue weighted by Crippen LogP contribution is -2.22. The Bertz CT molecular complexity index is 1410. The van der Waals surface area contributed by atoms with Gasteiger partial charge in [0, 0.05) is 22.0 Å². The minimum Gasteiger partial charge on any atom is -0.508 e. The minimum atomic E-state index is -0.519. The first-order chi connectivity index (χ1) is 15.8. The van der Waals surface area contributed by atoms with Crippen molar-refractivity contribution in [3.63, 3.8) is 0 Å². The van der Waals surface area contributed by atoms with Crippen LogP contribution in [0.3, 0.4) is 0 Å². The molecule has 33 heavy (non-hydrogen) atoms. The molecule has 1 heterocycles. The fourth-order valence-corrected chi connectivity index (χ4v) is 3.32. The van der Waals surface area contributed by atoms with E-state index < -0.39 is 5.78 Å². The maximum absolute atomic E-state index is 12.8. The topological polar surface area (TPSA) is 88.8 Å². The van der Waals surface area contributed by atoms with Gasteiger partial charge in [-0.15, -0.1) is 6.42 Å². The van der Waals surface area contributed by atoms with Crippen LogP contribution in [0.15, 0.2) is 71.2 Å². The van der Waals surface area contributed by atoms with Crippen molar-refractivity contribution in [2.75, 3.05) is 7.11 Å². The number of ketones is 1. The van der Waals surface area contributed by atoms with E-state index in [4.69, 9.17) is 22.8 Å². The quantitative estimate of drug-likeness (QED) is 0.229. The Morgan fingerprint density at radius 2 is 1.97 bits per heavy atom. The fourth-order valence-electron chi connectivity index (χ4n) is 3.14. The summed E-state index contributed by atoms with van der Waals surface area (Å²) in [5, 5.41) is 20.9. The summed E-state index contributed by atoms with van der Waals surface area (Å²) in [7, 11) is 1.43. The van der Waals surface area contributed by atoms with Crippen LogP contribution in [0.2, 0.25) is 5.02 Å². The summed E-state index contributed by atoms with van der Waals surface area (Å²) in [5.41, 5.74) is 1.20. The van der Waals surface area contributed by atoms with E-state index in [1.165, 1.54) is 36.0 Å². The Labute approximate surface area is 195 Å². The Morgan fingerprint density at radius 3 is 2.70 bits per heavy atom. The molecule has 0 unspecified atom stereocenters. The smallest absolute Gasteiger partial charge is 0.259 e. The molecule has 0 aliphatic heterocycles. The summed E-state index contributed by atoms with van der Waals surface area (Å²) in [6.07, 6.45) is 11.9. The first-order valence-electron chi connectivity index (χ1n) is 9.76. The van der Waals surface area contributed by atoms with Gasteiger partial charge in [0.1, 0.15) is 5.76 Å². The van der Waals surface area contributed by atoms with Gasteiger partial charge in [-0.3, -0.25) is 14.2 Å². The number of allylic oxidation sites excluding steroid dienone is 3. The molecule has 1 aromatic heterocycles. The van der Waals surface area contributed by atoms with E-state index in [0.717, 1.165) is 6.08 Å². The van der Waals surface area contributed by atoms with Gasteiger partial charge in [-0.25, -0.2) is 0 Å². The second kappa shape index (κ2) is 10.4. The number of carbonyl (C=O) groups is 1. The van der Waals surface area contributed by atoms with Crippen LogP contribution in [-0.4, -0.2) is 27.7 Å². The number of terminal acetylenes is 1. The zero-order chi connectivity index (χ0) is 24.0. The van der Waals surface area contributed by atoms with Crippen molar-refractivity contribution < 1.29 is 19.7 Å². The first kappa shape index (κ1) is 23.5. The molecule has 166 valence electrons. The number of pyridine rings is 1. The van der Waals surface area contributed by atoms with Crippen LogP contribution >= 0.6 is 11.6 Å². The number of ether oxygens (including phenoxy) is 1. The molecule has 0 aliphatic carbocycles. The van der Waals surface area contributed by atoms with Crippen molar-refractivity contribution in [1.29, 1.82) is 0 Å². The molecule has 3 rings (SSSR count). The molecule has 2 aromatic carbocycles. The lowest BCUT2D eigenvalue weighted by molar-refractivity contribution is -0.110. The molecule has 0 atom stereocenters. The van der Waals surface area contributed by atoms with Gasteiger partial charge in [0.2, 0.25) is 0 Å². The third kappa shape index (κ3) is 5.73. The number of aromatic hydroxyl groups is 1. The largest absolute Gasteiger partial charge is 0.508 e. The molecule has 3 aromatic rings. The third-order valence-corrected chi connectivity index (χ3v) is 4.94. The molecule has 0 saturated carbocycles. The van der Waals surface area contributed by atoms with Crippen LogP contribution in [0.4, 0.5) is 0 Å². The summed E-state index contributed by atoms with van der Waals surface area (Å²) in [5.74, 6) is 1.93. The van der Waals surface area contributed by atoms with Gasteiger partial charge in [0.15, 0.2) is 17.3 Å². The van der Waals surface area contributed by atoms with Crippen LogP contribution in [0, 0.1) is 12.3 Å². The number of aromatic nitrogens is 1. The lowest BCUT2D eigenvalue weighted by atomic mass is 10.1. The Morgan fingerprint density at radius 1 is 1.18 bits per heavy atom. The Balaban J connectivity index is 1.84. The van der Waals surface area contributed by atoms with Crippen LogP contribution in [0.1, 0.15) is 11.1 Å². The summed E-state index contributed by atoms with van der Waals surface area (Å²) < 4.78 is 6.46. The highest BCUT2D eigenvalue weighted by Crippen LogP contribution is 2.26. The summed E-state index contributed by atoms with van der Waals surface area (Å²) in [4.78, 5) is 25.0. The third-order valence-electron chi connectivity index (χ3n) is 4.70. The first-order valence-corrected chi connectivity index (χ1v) is 10.1. The van der Waals surface area contributed by atoms with E-state index in [-0.39, 0.29) is 34.9 Å². The number of phenolic OH excluding ortho intramolecular Hbond substituents is 1. The van der Waals surface area contributed by atoms with Gasteiger partial charge in [-0.1, -0.05) is 29.7 Å². The van der Waals surface area contributed by atoms with Crippen LogP contribution in [-0.2, 0) is 11.3 Å². The predicted octanol–water partition coefficient (Wildman–Crippen LogP) is 4.74. The van der Waals surface area contributed by atoms with Crippen molar-refractivity contribution in [2.24, 2.45) is 0 Å². The molecule has 0 fully saturated rings. The number of aliphatic hydroxyl groups excluding tert-OH is 1. The monoisotopic (exact) mass is 461 g/mol. The van der Waals surface area contributed by atoms with E-state index >= 15 is 0 Å². The van der Waals surface area contributed by atoms with E-state index in [2.05, 4.69) is 5.92 Å². The number of phenols is 1. The number of hydrogen-bond donors (Lipinski definition) is 2. The molecule has 0 saturated heterocycles. The molecular formula is C26H20ClNO5. The number of benzene rings is 2. The van der Waals surface area contributed by atoms with Crippen molar-refractivity contribution >= 4 is 40.4 Å². The second-order valence-electron chi connectivity index (χ2n) is 6.97. The molecular weight excluding hydrogens is 442 g/mol. The number of nitrogens with zero attached hydrogens (tertiary/aromatic N) is 1. The predicted molar refractivity (Wildman–Crippen MR) is 130 cm³/mol. The van der Waals surface area contributed by atoms with Gasteiger partial charge in [0.25, 0.3) is 5.56 Å². The van der Waals surface area contributed by atoms with Crippen molar-refractivity contribution in [2.45, 2.75) is 6.54 Å². The van der Waals surface area contributed by atoms with Gasteiger partial charge in [0.05, 0.1) is 19.2 Å². The van der Waals surface area contributed by atoms with E-state index in [1.54, 1.807) is 42.5 Å². The van der Waals surface area contributed by atoms with E-state index in [1.807, 2.05) is 0 Å². The average Bonchev–Trinajstić information content (AvgIpc) is 2.79. The van der Waals surface area contributed by atoms with Gasteiger partial charge < -0.3 is 14.9 Å². The van der Waals surface area contributed by atoms with Crippen LogP contribution in [0.25, 0.3) is 23.1 Å². The summed E-state index contributed by atoms with van der Waals surface area (Å²) in [6.45, 7) is 0.0696. The molecule has 0 aliphatic rings. The van der Waals surface area contributed by atoms with Crippen LogP contribution < -0.4 is 10.3 Å². The maximum Gasteiger partial charge on any atom is 0.259 e. The normalized spacial score (nSPS) is 11.8. The van der Waals surface area contributed by atoms with Gasteiger partial charge in [-0.05, 0) is 60.2 Å². The number of methoxy groups -OCH3 is 1. The molecule has 2 N–H and O–H groups in total. The lowest BCUT2D eigenvalue weighted by Gasteiger charge is -2.09. The van der Waals surface area contributed by atoms with E-state index in [9.17, 15) is 19.8 Å². The molecule has 6 nitrogen and oxygen atoms in total. The number of halogens is 1. The molecule has 0 amide bonds. The standard InChI is InChI=1S/C26H20ClNO5/c1-3-12-28-23-10-7-20(27)15-19(23)14-18(26(28)32)6-9-22(30)16-21(29)8-4-17-5-11-24(31)25(13-17)33-2/h1,4-11,13-16,29,31H,12H2,2H3/b8-4+,9-6+,21-16-. The highest BCUT2D eigenvalue weighted by atomic mass is 35.5. The highest BCUT2D eigenvalue weighted by Gasteiger charge is 2.08. The van der Waals surface area contributed by atoms with Crippen molar-refractivity contribution in [3.05, 3.63) is 93.0 Å². The molecule has 0 bridgehead atoms. The van der Waals surface area contributed by atoms with Crippen LogP contribution in [0.5, 0.6) is 11.5 Å². The average molecular weight is 462 g/mol. The molecule has 0 radical (unpaired) electrons. The second-order valence-corrected chi connectivity index (χ2v) is 7.40. The number of carbonyl (C=O) groups excluding carboxylic acids is 1. The van der Waals surface area contributed by atoms with Gasteiger partial charge >= 0.3 is 0 Å². The molecule has 0 spiro atoms. The van der Waals surface area contributed by atoms with Crippen molar-refractivity contribution in [3.8, 4) is 23.8 Å². The number of rotatable bonds is 7. The Kier molecular flexibility index (Phi) is 7.39. The zero-order valence-corrected chi connectivity index (χ0v) is 18.4. The minimum absolute atomic E-state index is 0.00741. The van der Waals surface area contributed by atoms with Crippen molar-refractivity contribution in [1.82, 2.24) is 4.57 Å². The number of aliphatic hydroxyl groups is 1.